The van der Waals surface area contributed by atoms with Gasteiger partial charge in [0, 0.05) is 18.7 Å². The first-order chi connectivity index (χ1) is 16.1. The predicted molar refractivity (Wildman–Crippen MR) is 126 cm³/mol. The van der Waals surface area contributed by atoms with Gasteiger partial charge in [0.15, 0.2) is 5.57 Å². The molecule has 0 heterocycles. The zero-order valence-electron chi connectivity index (χ0n) is 19.0. The van der Waals surface area contributed by atoms with Crippen LogP contribution in [-0.4, -0.2) is 38.2 Å². The zero-order chi connectivity index (χ0) is 23.6. The van der Waals surface area contributed by atoms with Crippen molar-refractivity contribution in [3.05, 3.63) is 107 Å². The summed E-state index contributed by atoms with van der Waals surface area (Å²) in [6, 6.07) is 26.9. The van der Waals surface area contributed by atoms with Gasteiger partial charge in [-0.25, -0.2) is 9.59 Å². The van der Waals surface area contributed by atoms with E-state index >= 15 is 0 Å². The van der Waals surface area contributed by atoms with Gasteiger partial charge in [-0.15, -0.1) is 0 Å². The SMILES string of the molecule is COC(=O)C(C(=O)OC)=C(c1ccccc1OC)N(Cc1ccccc1)Cc1ccccc1. The van der Waals surface area contributed by atoms with Gasteiger partial charge in [-0.2, -0.15) is 0 Å². The fourth-order valence-corrected chi connectivity index (χ4v) is 3.61. The number of carbonyl (C=O) groups is 2. The van der Waals surface area contributed by atoms with Crippen molar-refractivity contribution in [3.63, 3.8) is 0 Å². The minimum Gasteiger partial charge on any atom is -0.496 e. The monoisotopic (exact) mass is 445 g/mol. The van der Waals surface area contributed by atoms with Crippen LogP contribution in [-0.2, 0) is 32.2 Å². The summed E-state index contributed by atoms with van der Waals surface area (Å²) in [5.74, 6) is -1.05. The van der Waals surface area contributed by atoms with Crippen LogP contribution in [0.2, 0.25) is 0 Å². The third-order valence-electron chi connectivity index (χ3n) is 5.13. The van der Waals surface area contributed by atoms with Gasteiger partial charge in [-0.05, 0) is 23.3 Å². The van der Waals surface area contributed by atoms with Crippen molar-refractivity contribution in [2.75, 3.05) is 21.3 Å². The van der Waals surface area contributed by atoms with E-state index < -0.39 is 11.9 Å². The molecule has 0 amide bonds. The Kier molecular flexibility index (Phi) is 8.24. The van der Waals surface area contributed by atoms with Crippen LogP contribution in [0.5, 0.6) is 5.75 Å². The average molecular weight is 446 g/mol. The maximum atomic E-state index is 12.9. The first kappa shape index (κ1) is 23.6. The Morgan fingerprint density at radius 1 is 0.667 bits per heavy atom. The van der Waals surface area contributed by atoms with Gasteiger partial charge in [0.1, 0.15) is 5.75 Å². The molecule has 0 aliphatic carbocycles. The lowest BCUT2D eigenvalue weighted by atomic mass is 10.0. The molecule has 0 fully saturated rings. The number of carbonyl (C=O) groups excluding carboxylic acids is 2. The van der Waals surface area contributed by atoms with Crippen molar-refractivity contribution in [1.29, 1.82) is 0 Å². The molecule has 3 aromatic carbocycles. The summed E-state index contributed by atoms with van der Waals surface area (Å²) in [4.78, 5) is 27.7. The summed E-state index contributed by atoms with van der Waals surface area (Å²) in [6.45, 7) is 0.862. The molecule has 0 aromatic heterocycles. The van der Waals surface area contributed by atoms with Crippen LogP contribution in [0.4, 0.5) is 0 Å². The van der Waals surface area contributed by atoms with Crippen molar-refractivity contribution >= 4 is 17.6 Å². The molecule has 0 aliphatic rings. The maximum absolute atomic E-state index is 12.9. The van der Waals surface area contributed by atoms with Crippen LogP contribution in [0, 0.1) is 0 Å². The third kappa shape index (κ3) is 5.80. The van der Waals surface area contributed by atoms with E-state index in [1.165, 1.54) is 14.2 Å². The van der Waals surface area contributed by atoms with E-state index in [4.69, 9.17) is 14.2 Å². The summed E-state index contributed by atoms with van der Waals surface area (Å²) >= 11 is 0. The molecule has 0 radical (unpaired) electrons. The molecule has 0 N–H and O–H groups in total. The second-order valence-electron chi connectivity index (χ2n) is 7.23. The fourth-order valence-electron chi connectivity index (χ4n) is 3.61. The molecular formula is C27H27NO5. The summed E-state index contributed by atoms with van der Waals surface area (Å²) in [7, 11) is 4.03. The van der Waals surface area contributed by atoms with E-state index in [0.29, 0.717) is 30.1 Å². The average Bonchev–Trinajstić information content (AvgIpc) is 2.87. The van der Waals surface area contributed by atoms with E-state index in [9.17, 15) is 9.59 Å². The molecule has 6 heteroatoms. The Morgan fingerprint density at radius 2 is 1.12 bits per heavy atom. The quantitative estimate of drug-likeness (QED) is 0.210. The van der Waals surface area contributed by atoms with E-state index in [-0.39, 0.29) is 5.57 Å². The Hall–Kier alpha value is -4.06. The number of para-hydroxylation sites is 1. The molecule has 3 rings (SSSR count). The van der Waals surface area contributed by atoms with E-state index in [1.54, 1.807) is 13.2 Å². The third-order valence-corrected chi connectivity index (χ3v) is 5.13. The summed E-state index contributed by atoms with van der Waals surface area (Å²) in [5, 5.41) is 0. The number of esters is 2. The van der Waals surface area contributed by atoms with Crippen molar-refractivity contribution < 1.29 is 23.8 Å². The molecule has 6 nitrogen and oxygen atoms in total. The summed E-state index contributed by atoms with van der Waals surface area (Å²) in [6.07, 6.45) is 0. The van der Waals surface area contributed by atoms with Crippen LogP contribution >= 0.6 is 0 Å². The first-order valence-corrected chi connectivity index (χ1v) is 10.5. The number of rotatable bonds is 9. The van der Waals surface area contributed by atoms with Gasteiger partial charge in [0.25, 0.3) is 0 Å². The Bertz CT molecular complexity index is 1050. The standard InChI is InChI=1S/C27H27NO5/c1-31-23-17-11-10-16-22(23)25(24(26(29)32-2)27(30)33-3)28(18-20-12-6-4-7-13-20)19-21-14-8-5-9-15-21/h4-17H,18-19H2,1-3H3. The smallest absolute Gasteiger partial charge is 0.347 e. The minimum atomic E-state index is -0.783. The fraction of sp³-hybridized carbons (Fsp3) is 0.185. The highest BCUT2D eigenvalue weighted by molar-refractivity contribution is 6.20. The van der Waals surface area contributed by atoms with Crippen LogP contribution in [0.3, 0.4) is 0 Å². The highest BCUT2D eigenvalue weighted by Gasteiger charge is 2.31. The van der Waals surface area contributed by atoms with Gasteiger partial charge in [0.05, 0.1) is 27.0 Å². The van der Waals surface area contributed by atoms with Crippen molar-refractivity contribution in [2.24, 2.45) is 0 Å². The topological polar surface area (TPSA) is 65.1 Å². The van der Waals surface area contributed by atoms with Gasteiger partial charge >= 0.3 is 11.9 Å². The molecule has 0 bridgehead atoms. The molecule has 170 valence electrons. The van der Waals surface area contributed by atoms with Gasteiger partial charge in [-0.1, -0.05) is 72.8 Å². The van der Waals surface area contributed by atoms with Crippen LogP contribution < -0.4 is 4.74 Å². The largest absolute Gasteiger partial charge is 0.496 e. The van der Waals surface area contributed by atoms with Crippen LogP contribution in [0.25, 0.3) is 5.70 Å². The van der Waals surface area contributed by atoms with Gasteiger partial charge in [0.2, 0.25) is 0 Å². The molecule has 0 spiro atoms. The van der Waals surface area contributed by atoms with E-state index in [2.05, 4.69) is 0 Å². The number of hydrogen-bond acceptors (Lipinski definition) is 6. The molecule has 0 aliphatic heterocycles. The number of methoxy groups -OCH3 is 3. The second kappa shape index (κ2) is 11.5. The highest BCUT2D eigenvalue weighted by atomic mass is 16.5. The normalized spacial score (nSPS) is 10.2. The Labute approximate surface area is 194 Å². The predicted octanol–water partition coefficient (Wildman–Crippen LogP) is 4.45. The lowest BCUT2D eigenvalue weighted by Crippen LogP contribution is -2.28. The molecule has 0 unspecified atom stereocenters. The molecule has 0 saturated carbocycles. The van der Waals surface area contributed by atoms with E-state index in [0.717, 1.165) is 11.1 Å². The molecule has 0 atom stereocenters. The summed E-state index contributed by atoms with van der Waals surface area (Å²) in [5.41, 5.74) is 2.78. The first-order valence-electron chi connectivity index (χ1n) is 10.5. The molecule has 33 heavy (non-hydrogen) atoms. The molecular weight excluding hydrogens is 418 g/mol. The minimum absolute atomic E-state index is 0.198. The van der Waals surface area contributed by atoms with Gasteiger partial charge in [-0.3, -0.25) is 0 Å². The Morgan fingerprint density at radius 3 is 1.58 bits per heavy atom. The lowest BCUT2D eigenvalue weighted by molar-refractivity contribution is -0.144. The highest BCUT2D eigenvalue weighted by Crippen LogP contribution is 2.34. The second-order valence-corrected chi connectivity index (χ2v) is 7.23. The van der Waals surface area contributed by atoms with Crippen LogP contribution in [0.1, 0.15) is 16.7 Å². The van der Waals surface area contributed by atoms with Gasteiger partial charge < -0.3 is 19.1 Å². The number of hydrogen-bond donors (Lipinski definition) is 0. The Balaban J connectivity index is 2.29. The zero-order valence-corrected chi connectivity index (χ0v) is 19.0. The number of nitrogens with zero attached hydrogens (tertiary/aromatic N) is 1. The number of ether oxygens (including phenoxy) is 3. The number of benzene rings is 3. The maximum Gasteiger partial charge on any atom is 0.347 e. The van der Waals surface area contributed by atoms with E-state index in [1.807, 2.05) is 83.8 Å². The van der Waals surface area contributed by atoms with Crippen molar-refractivity contribution in [1.82, 2.24) is 4.90 Å². The molecule has 3 aromatic rings. The van der Waals surface area contributed by atoms with Crippen molar-refractivity contribution in [2.45, 2.75) is 13.1 Å². The van der Waals surface area contributed by atoms with Crippen molar-refractivity contribution in [3.8, 4) is 5.75 Å². The molecule has 0 saturated heterocycles. The van der Waals surface area contributed by atoms with Crippen LogP contribution in [0.15, 0.2) is 90.5 Å². The summed E-state index contributed by atoms with van der Waals surface area (Å²) < 4.78 is 15.6. The lowest BCUT2D eigenvalue weighted by Gasteiger charge is -2.30.